The van der Waals surface area contributed by atoms with Gasteiger partial charge in [0, 0.05) is 61.5 Å². The summed E-state index contributed by atoms with van der Waals surface area (Å²) in [5.74, 6) is -0.301. The molecule has 1 aliphatic heterocycles. The first kappa shape index (κ1) is 33.0. The molecule has 8 nitrogen and oxygen atoms in total. The number of nitrogens with one attached hydrogen (secondary N) is 1. The number of hydrogen-bond donors (Lipinski definition) is 1. The third-order valence-electron chi connectivity index (χ3n) is 8.47. The maximum atomic E-state index is 13.6. The molecule has 1 saturated heterocycles. The third-order valence-corrected chi connectivity index (χ3v) is 9.53. The second kappa shape index (κ2) is 14.1. The van der Waals surface area contributed by atoms with E-state index >= 15 is 0 Å². The van der Waals surface area contributed by atoms with Gasteiger partial charge in [-0.2, -0.15) is 23.3 Å². The van der Waals surface area contributed by atoms with Crippen LogP contribution in [0.25, 0.3) is 11.1 Å². The summed E-state index contributed by atoms with van der Waals surface area (Å²) in [7, 11) is 0. The van der Waals surface area contributed by atoms with Gasteiger partial charge in [0.2, 0.25) is 5.91 Å². The Balaban J connectivity index is 1.13. The van der Waals surface area contributed by atoms with Crippen LogP contribution < -0.4 is 10.5 Å². The van der Waals surface area contributed by atoms with Crippen LogP contribution in [-0.4, -0.2) is 56.7 Å². The summed E-state index contributed by atoms with van der Waals surface area (Å²) < 4.78 is 53.9. The van der Waals surface area contributed by atoms with Gasteiger partial charge in [0.25, 0.3) is 5.56 Å². The van der Waals surface area contributed by atoms with Crippen molar-refractivity contribution in [1.82, 2.24) is 24.6 Å². The van der Waals surface area contributed by atoms with E-state index in [2.05, 4.69) is 20.1 Å². The molecule has 1 atom stereocenters. The fourth-order valence-electron chi connectivity index (χ4n) is 5.60. The van der Waals surface area contributed by atoms with Gasteiger partial charge in [-0.05, 0) is 58.7 Å². The van der Waals surface area contributed by atoms with Crippen molar-refractivity contribution < 1.29 is 22.4 Å². The second-order valence-electron chi connectivity index (χ2n) is 11.6. The summed E-state index contributed by atoms with van der Waals surface area (Å²) in [5, 5.41) is 7.15. The molecule has 3 heterocycles. The highest BCUT2D eigenvalue weighted by Gasteiger charge is 2.30. The van der Waals surface area contributed by atoms with E-state index in [1.165, 1.54) is 36.0 Å². The fourth-order valence-corrected chi connectivity index (χ4v) is 6.52. The molecular formula is C35H32F4N6O2S. The highest BCUT2D eigenvalue weighted by molar-refractivity contribution is 7.98. The Morgan fingerprint density at radius 3 is 2.19 bits per heavy atom. The number of carbonyl (C=O) groups is 1. The van der Waals surface area contributed by atoms with Crippen molar-refractivity contribution in [2.45, 2.75) is 36.5 Å². The standard InChI is InChI=1S/C35H32F4N6O2S/c1-23(27-18-40-41-19-27)31-20-45(34(42-33(31)47)48-22-24-2-10-29(36)11-3-24)21-32(46)44-16-14-43(15-17-44)30-12-6-26(7-13-30)25-4-8-28(9-5-25)35(37,38)39/h2-13,18-20,23H,14-17,21-22H2,1H3,(H,40,41). The van der Waals surface area contributed by atoms with E-state index in [0.29, 0.717) is 48.2 Å². The van der Waals surface area contributed by atoms with E-state index in [4.69, 9.17) is 0 Å². The number of halogens is 4. The molecular weight excluding hydrogens is 644 g/mol. The van der Waals surface area contributed by atoms with Gasteiger partial charge in [0.1, 0.15) is 12.4 Å². The zero-order valence-electron chi connectivity index (χ0n) is 26.0. The molecule has 1 unspecified atom stereocenters. The van der Waals surface area contributed by atoms with Crippen LogP contribution in [0.15, 0.2) is 101 Å². The van der Waals surface area contributed by atoms with Crippen molar-refractivity contribution >= 4 is 23.4 Å². The van der Waals surface area contributed by atoms with Crippen molar-refractivity contribution in [1.29, 1.82) is 0 Å². The molecule has 2 aromatic heterocycles. The fraction of sp³-hybridized carbons (Fsp3) is 0.257. The number of nitrogens with zero attached hydrogens (tertiary/aromatic N) is 5. The quantitative estimate of drug-likeness (QED) is 0.108. The first-order valence-electron chi connectivity index (χ1n) is 15.3. The minimum Gasteiger partial charge on any atom is -0.368 e. The number of amides is 1. The van der Waals surface area contributed by atoms with Crippen LogP contribution in [0.1, 0.15) is 35.1 Å². The summed E-state index contributed by atoms with van der Waals surface area (Å²) in [4.78, 5) is 35.1. The number of anilines is 1. The smallest absolute Gasteiger partial charge is 0.368 e. The van der Waals surface area contributed by atoms with E-state index in [-0.39, 0.29) is 29.7 Å². The van der Waals surface area contributed by atoms with Crippen LogP contribution in [0.5, 0.6) is 0 Å². The molecule has 0 radical (unpaired) electrons. The van der Waals surface area contributed by atoms with Crippen LogP contribution in [0.3, 0.4) is 0 Å². The number of hydrogen-bond acceptors (Lipinski definition) is 6. The molecule has 5 aromatic rings. The molecule has 0 spiro atoms. The predicted octanol–water partition coefficient (Wildman–Crippen LogP) is 6.58. The first-order chi connectivity index (χ1) is 23.0. The van der Waals surface area contributed by atoms with Crippen LogP contribution in [0.4, 0.5) is 23.2 Å². The van der Waals surface area contributed by atoms with Gasteiger partial charge in [-0.3, -0.25) is 14.7 Å². The van der Waals surface area contributed by atoms with Crippen molar-refractivity contribution in [3.05, 3.63) is 130 Å². The van der Waals surface area contributed by atoms with Gasteiger partial charge in [0.15, 0.2) is 5.16 Å². The lowest BCUT2D eigenvalue weighted by Crippen LogP contribution is -2.49. The summed E-state index contributed by atoms with van der Waals surface area (Å²) in [6.07, 6.45) is 0.696. The Kier molecular flexibility index (Phi) is 9.67. The van der Waals surface area contributed by atoms with Gasteiger partial charge in [-0.25, -0.2) is 4.39 Å². The highest BCUT2D eigenvalue weighted by atomic mass is 32.2. The normalized spacial score (nSPS) is 14.3. The summed E-state index contributed by atoms with van der Waals surface area (Å²) >= 11 is 1.31. The van der Waals surface area contributed by atoms with Gasteiger partial charge in [-0.15, -0.1) is 0 Å². The molecule has 1 fully saturated rings. The van der Waals surface area contributed by atoms with E-state index in [1.807, 2.05) is 31.2 Å². The molecule has 3 aromatic carbocycles. The Bertz CT molecular complexity index is 1900. The Hall–Kier alpha value is -4.91. The lowest BCUT2D eigenvalue weighted by molar-refractivity contribution is -0.137. The predicted molar refractivity (Wildman–Crippen MR) is 176 cm³/mol. The van der Waals surface area contributed by atoms with Crippen molar-refractivity contribution in [3.63, 3.8) is 0 Å². The molecule has 48 heavy (non-hydrogen) atoms. The molecule has 13 heteroatoms. The largest absolute Gasteiger partial charge is 0.416 e. The number of aromatic nitrogens is 4. The zero-order valence-corrected chi connectivity index (χ0v) is 26.8. The first-order valence-corrected chi connectivity index (χ1v) is 16.3. The number of H-pyrrole nitrogens is 1. The SMILES string of the molecule is CC(c1cn[nH]c1)c1cn(CC(=O)N2CCN(c3ccc(-c4ccc(C(F)(F)F)cc4)cc3)CC2)c(SCc2ccc(F)cc2)nc1=O. The Morgan fingerprint density at radius 2 is 1.58 bits per heavy atom. The summed E-state index contributed by atoms with van der Waals surface area (Å²) in [6, 6.07) is 18.8. The van der Waals surface area contributed by atoms with Crippen molar-refractivity contribution in [2.75, 3.05) is 31.1 Å². The number of alkyl halides is 3. The van der Waals surface area contributed by atoms with Crippen molar-refractivity contribution in [2.24, 2.45) is 0 Å². The lowest BCUT2D eigenvalue weighted by atomic mass is 9.98. The summed E-state index contributed by atoms with van der Waals surface area (Å²) in [6.45, 7) is 4.06. The molecule has 1 amide bonds. The Labute approximate surface area is 278 Å². The lowest BCUT2D eigenvalue weighted by Gasteiger charge is -2.36. The van der Waals surface area contributed by atoms with Crippen LogP contribution in [-0.2, 0) is 23.3 Å². The molecule has 248 valence electrons. The molecule has 0 saturated carbocycles. The number of thioether (sulfide) groups is 1. The maximum Gasteiger partial charge on any atom is 0.416 e. The summed E-state index contributed by atoms with van der Waals surface area (Å²) in [5.41, 5.74) is 3.52. The maximum absolute atomic E-state index is 13.6. The minimum atomic E-state index is -4.38. The molecule has 1 aliphatic rings. The topological polar surface area (TPSA) is 87.1 Å². The van der Waals surface area contributed by atoms with E-state index in [9.17, 15) is 27.2 Å². The third kappa shape index (κ3) is 7.62. The molecule has 6 rings (SSSR count). The van der Waals surface area contributed by atoms with Crippen LogP contribution in [0.2, 0.25) is 0 Å². The molecule has 1 N–H and O–H groups in total. The molecule has 0 bridgehead atoms. The monoisotopic (exact) mass is 676 g/mol. The number of benzene rings is 3. The average molecular weight is 677 g/mol. The van der Waals surface area contributed by atoms with Crippen LogP contribution in [0, 0.1) is 5.82 Å². The van der Waals surface area contributed by atoms with Crippen molar-refractivity contribution in [3.8, 4) is 11.1 Å². The minimum absolute atomic E-state index is 0.00797. The van der Waals surface area contributed by atoms with E-state index < -0.39 is 11.7 Å². The van der Waals surface area contributed by atoms with Gasteiger partial charge >= 0.3 is 6.18 Å². The average Bonchev–Trinajstić information content (AvgIpc) is 3.64. The second-order valence-corrected chi connectivity index (χ2v) is 12.5. The molecule has 0 aliphatic carbocycles. The Morgan fingerprint density at radius 1 is 0.938 bits per heavy atom. The number of rotatable bonds is 9. The van der Waals surface area contributed by atoms with Gasteiger partial charge < -0.3 is 14.4 Å². The van der Waals surface area contributed by atoms with Crippen LogP contribution >= 0.6 is 11.8 Å². The number of carbonyl (C=O) groups excluding carboxylic acids is 1. The van der Waals surface area contributed by atoms with Gasteiger partial charge in [0.05, 0.1) is 11.8 Å². The zero-order chi connectivity index (χ0) is 33.8. The number of aromatic amines is 1. The van der Waals surface area contributed by atoms with Gasteiger partial charge in [-0.1, -0.05) is 55.1 Å². The number of piperazine rings is 1. The van der Waals surface area contributed by atoms with E-state index in [0.717, 1.165) is 34.5 Å². The highest BCUT2D eigenvalue weighted by Crippen LogP contribution is 2.32. The van der Waals surface area contributed by atoms with E-state index in [1.54, 1.807) is 40.2 Å².